The number of fused-ring (bicyclic) bond motifs is 1. The van der Waals surface area contributed by atoms with E-state index in [2.05, 4.69) is 5.32 Å². The van der Waals surface area contributed by atoms with Crippen LogP contribution in [-0.2, 0) is 4.79 Å². The molecule has 2 atom stereocenters. The Morgan fingerprint density at radius 2 is 1.96 bits per heavy atom. The van der Waals surface area contributed by atoms with Gasteiger partial charge in [0, 0.05) is 23.1 Å². The molecule has 1 aliphatic heterocycles. The van der Waals surface area contributed by atoms with E-state index in [0.29, 0.717) is 17.2 Å². The number of nitrogens with one attached hydrogen (secondary N) is 1. The van der Waals surface area contributed by atoms with Crippen molar-refractivity contribution in [2.75, 3.05) is 7.11 Å². The summed E-state index contributed by atoms with van der Waals surface area (Å²) in [6.07, 6.45) is 0.0124. The van der Waals surface area contributed by atoms with Crippen molar-refractivity contribution in [3.05, 3.63) is 52.5 Å². The number of carbonyl (C=O) groups is 1. The molecule has 0 saturated carbocycles. The van der Waals surface area contributed by atoms with Crippen LogP contribution in [-0.4, -0.2) is 24.7 Å². The van der Waals surface area contributed by atoms with E-state index in [1.165, 1.54) is 0 Å². The van der Waals surface area contributed by atoms with Crippen molar-refractivity contribution in [2.24, 2.45) is 0 Å². The molecule has 0 aromatic heterocycles. The number of methoxy groups -OCH3 is 1. The molecule has 1 N–H and O–H groups in total. The molecule has 1 aliphatic rings. The minimum atomic E-state index is -0.645. The number of benzene rings is 2. The first-order valence-electron chi connectivity index (χ1n) is 9.28. The van der Waals surface area contributed by atoms with Crippen molar-refractivity contribution in [3.8, 4) is 17.2 Å². The highest BCUT2D eigenvalue weighted by Crippen LogP contribution is 2.41. The van der Waals surface area contributed by atoms with Gasteiger partial charge in [0.1, 0.15) is 22.8 Å². The molecule has 28 heavy (non-hydrogen) atoms. The minimum Gasteiger partial charge on any atom is -0.497 e. The van der Waals surface area contributed by atoms with E-state index in [4.69, 9.17) is 25.8 Å². The highest BCUT2D eigenvalue weighted by atomic mass is 35.5. The van der Waals surface area contributed by atoms with E-state index in [1.54, 1.807) is 26.2 Å². The first-order chi connectivity index (χ1) is 13.2. The number of amides is 1. The Labute approximate surface area is 170 Å². The molecule has 6 heteroatoms. The molecule has 3 rings (SSSR count). The topological polar surface area (TPSA) is 56.8 Å². The number of rotatable bonds is 5. The van der Waals surface area contributed by atoms with Gasteiger partial charge in [-0.2, -0.15) is 0 Å². The maximum absolute atomic E-state index is 12.8. The molecule has 0 aliphatic carbocycles. The predicted molar refractivity (Wildman–Crippen MR) is 109 cm³/mol. The monoisotopic (exact) mass is 403 g/mol. The second-order valence-electron chi connectivity index (χ2n) is 7.70. The summed E-state index contributed by atoms with van der Waals surface area (Å²) in [7, 11) is 1.62. The van der Waals surface area contributed by atoms with Crippen LogP contribution in [0.1, 0.15) is 44.4 Å². The van der Waals surface area contributed by atoms with Crippen LogP contribution in [0.5, 0.6) is 17.2 Å². The zero-order chi connectivity index (χ0) is 20.5. The van der Waals surface area contributed by atoms with E-state index < -0.39 is 11.7 Å². The molecule has 150 valence electrons. The lowest BCUT2D eigenvalue weighted by molar-refractivity contribution is -0.128. The third kappa shape index (κ3) is 4.53. The summed E-state index contributed by atoms with van der Waals surface area (Å²) in [5.41, 5.74) is 1.43. The van der Waals surface area contributed by atoms with Crippen molar-refractivity contribution < 1.29 is 19.0 Å². The van der Waals surface area contributed by atoms with Gasteiger partial charge in [-0.25, -0.2) is 0 Å². The number of hydrogen-bond donors (Lipinski definition) is 1. The van der Waals surface area contributed by atoms with Crippen molar-refractivity contribution in [2.45, 2.75) is 51.9 Å². The normalized spacial score (nSPS) is 18.4. The Kier molecular flexibility index (Phi) is 5.75. The molecule has 0 unspecified atom stereocenters. The van der Waals surface area contributed by atoms with Crippen LogP contribution in [0.15, 0.2) is 36.4 Å². The molecular weight excluding hydrogens is 378 g/mol. The lowest BCUT2D eigenvalue weighted by Gasteiger charge is -2.38. The molecule has 0 fully saturated rings. The van der Waals surface area contributed by atoms with Gasteiger partial charge in [-0.1, -0.05) is 11.6 Å². The van der Waals surface area contributed by atoms with Crippen LogP contribution in [0.25, 0.3) is 0 Å². The average Bonchev–Trinajstić information content (AvgIpc) is 2.63. The van der Waals surface area contributed by atoms with Crippen LogP contribution >= 0.6 is 11.6 Å². The Bertz CT molecular complexity index is 881. The molecule has 2 aromatic rings. The minimum absolute atomic E-state index is 0.171. The van der Waals surface area contributed by atoms with E-state index in [1.807, 2.05) is 45.0 Å². The number of aryl methyl sites for hydroxylation is 1. The maximum Gasteiger partial charge on any atom is 0.261 e. The highest BCUT2D eigenvalue weighted by molar-refractivity contribution is 6.31. The van der Waals surface area contributed by atoms with Gasteiger partial charge in [0.2, 0.25) is 0 Å². The van der Waals surface area contributed by atoms with Gasteiger partial charge in [0.05, 0.1) is 13.2 Å². The zero-order valence-electron chi connectivity index (χ0n) is 16.8. The van der Waals surface area contributed by atoms with Crippen LogP contribution in [0.3, 0.4) is 0 Å². The molecule has 0 spiro atoms. The Balaban J connectivity index is 1.74. The van der Waals surface area contributed by atoms with Gasteiger partial charge in [0.25, 0.3) is 5.91 Å². The second-order valence-corrected chi connectivity index (χ2v) is 8.11. The van der Waals surface area contributed by atoms with E-state index >= 15 is 0 Å². The van der Waals surface area contributed by atoms with Crippen LogP contribution in [0.4, 0.5) is 0 Å². The summed E-state index contributed by atoms with van der Waals surface area (Å²) in [5.74, 6) is 1.87. The Morgan fingerprint density at radius 3 is 2.64 bits per heavy atom. The molecule has 0 saturated heterocycles. The fraction of sp³-hybridized carbons (Fsp3) is 0.409. The molecule has 0 radical (unpaired) electrons. The first-order valence-corrected chi connectivity index (χ1v) is 9.66. The smallest absolute Gasteiger partial charge is 0.261 e. The SMILES string of the molecule is COc1ccc2c(c1)OC(C)(C)C[C@@H]2NC(=O)[C@@H](C)Oc1ccc(Cl)c(C)c1. The van der Waals surface area contributed by atoms with E-state index in [9.17, 15) is 4.79 Å². The fourth-order valence-corrected chi connectivity index (χ4v) is 3.44. The molecule has 1 amide bonds. The maximum atomic E-state index is 12.8. The number of carbonyl (C=O) groups excluding carboxylic acids is 1. The third-order valence-corrected chi connectivity index (χ3v) is 5.23. The molecule has 5 nitrogen and oxygen atoms in total. The summed E-state index contributed by atoms with van der Waals surface area (Å²) in [6.45, 7) is 7.64. The number of halogens is 1. The highest BCUT2D eigenvalue weighted by Gasteiger charge is 2.35. The van der Waals surface area contributed by atoms with E-state index in [-0.39, 0.29) is 11.9 Å². The Hall–Kier alpha value is -2.40. The first kappa shape index (κ1) is 20.3. The quantitative estimate of drug-likeness (QED) is 0.775. The lowest BCUT2D eigenvalue weighted by atomic mass is 9.89. The summed E-state index contributed by atoms with van der Waals surface area (Å²) < 4.78 is 17.2. The predicted octanol–water partition coefficient (Wildman–Crippen LogP) is 4.84. The van der Waals surface area contributed by atoms with Crippen LogP contribution < -0.4 is 19.5 Å². The van der Waals surface area contributed by atoms with Crippen LogP contribution in [0, 0.1) is 6.92 Å². The largest absolute Gasteiger partial charge is 0.497 e. The molecule has 1 heterocycles. The van der Waals surface area contributed by atoms with Gasteiger partial charge in [-0.15, -0.1) is 0 Å². The van der Waals surface area contributed by atoms with Crippen molar-refractivity contribution in [1.82, 2.24) is 5.32 Å². The van der Waals surface area contributed by atoms with Crippen molar-refractivity contribution in [3.63, 3.8) is 0 Å². The molecule has 0 bridgehead atoms. The summed E-state index contributed by atoms with van der Waals surface area (Å²) in [4.78, 5) is 12.8. The van der Waals surface area contributed by atoms with Gasteiger partial charge in [-0.05, 0) is 63.6 Å². The zero-order valence-corrected chi connectivity index (χ0v) is 17.6. The van der Waals surface area contributed by atoms with Gasteiger partial charge >= 0.3 is 0 Å². The third-order valence-electron chi connectivity index (χ3n) is 4.81. The fourth-order valence-electron chi connectivity index (χ4n) is 3.32. The van der Waals surface area contributed by atoms with Gasteiger partial charge in [-0.3, -0.25) is 4.79 Å². The molecular formula is C22H26ClNO4. The van der Waals surface area contributed by atoms with Crippen molar-refractivity contribution >= 4 is 17.5 Å². The van der Waals surface area contributed by atoms with Crippen LogP contribution in [0.2, 0.25) is 5.02 Å². The Morgan fingerprint density at radius 1 is 1.25 bits per heavy atom. The van der Waals surface area contributed by atoms with Crippen molar-refractivity contribution in [1.29, 1.82) is 0 Å². The average molecular weight is 404 g/mol. The number of hydrogen-bond acceptors (Lipinski definition) is 4. The van der Waals surface area contributed by atoms with Gasteiger partial charge < -0.3 is 19.5 Å². The standard InChI is InChI=1S/C22H26ClNO4/c1-13-10-16(7-9-18(13)23)27-14(2)21(25)24-19-12-22(3,4)28-20-11-15(26-5)6-8-17(19)20/h6-11,14,19H,12H2,1-5H3,(H,24,25)/t14-,19+/m1/s1. The number of ether oxygens (including phenoxy) is 3. The lowest BCUT2D eigenvalue weighted by Crippen LogP contribution is -2.44. The van der Waals surface area contributed by atoms with E-state index in [0.717, 1.165) is 22.6 Å². The van der Waals surface area contributed by atoms with Gasteiger partial charge in [0.15, 0.2) is 6.10 Å². The molecule has 2 aromatic carbocycles. The summed E-state index contributed by atoms with van der Waals surface area (Å²) in [5, 5.41) is 3.77. The summed E-state index contributed by atoms with van der Waals surface area (Å²) >= 11 is 6.05. The second kappa shape index (κ2) is 7.92. The summed E-state index contributed by atoms with van der Waals surface area (Å²) in [6, 6.07) is 10.8.